The summed E-state index contributed by atoms with van der Waals surface area (Å²) in [5.41, 5.74) is 4.62. The maximum Gasteiger partial charge on any atom is 0.278 e. The van der Waals surface area contributed by atoms with Gasteiger partial charge in [-0.25, -0.2) is 4.72 Å². The molecule has 0 aliphatic carbocycles. The lowest BCUT2D eigenvalue weighted by molar-refractivity contribution is -0.176. The Labute approximate surface area is 268 Å². The van der Waals surface area contributed by atoms with Crippen LogP contribution in [0.5, 0.6) is 0 Å². The molecule has 0 saturated carbocycles. The molecule has 11 nitrogen and oxygen atoms in total. The van der Waals surface area contributed by atoms with E-state index in [0.29, 0.717) is 28.4 Å². The Hall–Kier alpha value is -3.95. The minimum absolute atomic E-state index is 0.292. The number of nitrogens with zero attached hydrogens (tertiary/aromatic N) is 1. The van der Waals surface area contributed by atoms with E-state index in [1.54, 1.807) is 30.5 Å². The van der Waals surface area contributed by atoms with E-state index in [-0.39, 0.29) is 11.5 Å². The van der Waals surface area contributed by atoms with Crippen molar-refractivity contribution in [2.45, 2.75) is 11.4 Å². The summed E-state index contributed by atoms with van der Waals surface area (Å²) in [6.07, 6.45) is 1.57. The van der Waals surface area contributed by atoms with Gasteiger partial charge in [-0.05, 0) is 79.2 Å². The smallest absolute Gasteiger partial charge is 0.278 e. The van der Waals surface area contributed by atoms with Gasteiger partial charge in [0.25, 0.3) is 11.5 Å². The van der Waals surface area contributed by atoms with Crippen LogP contribution in [0.15, 0.2) is 94.7 Å². The summed E-state index contributed by atoms with van der Waals surface area (Å²) in [7, 11) is 4.69. The van der Waals surface area contributed by atoms with E-state index in [1.807, 2.05) is 73.3 Å². The molecule has 0 unspecified atom stereocenters. The van der Waals surface area contributed by atoms with Crippen LogP contribution < -0.4 is 25.0 Å². The number of aliphatic hydroxyl groups is 1. The number of amides is 1. The van der Waals surface area contributed by atoms with Gasteiger partial charge in [0.15, 0.2) is 0 Å². The Balaban J connectivity index is 0.00000127. The Kier molecular flexibility index (Phi) is 13.6. The lowest BCUT2D eigenvalue weighted by Crippen LogP contribution is -2.22. The third-order valence-electron chi connectivity index (χ3n) is 6.31. The van der Waals surface area contributed by atoms with E-state index in [2.05, 4.69) is 24.5 Å². The number of nitrogens with one attached hydrogen (secondary N) is 5. The number of rotatable bonds is 10. The van der Waals surface area contributed by atoms with Gasteiger partial charge in [0.1, 0.15) is 5.69 Å². The third kappa shape index (κ3) is 8.15. The standard InChI is InChI=1S/C29H27ClN6O2S2.CH4O.H2O2/c1-31-24-11-4-3-7-18(24)17-36-25-13-12-19(30)15-23(25)26(22-10-6-14-33-28(22)37)27(36)29(38)35-39-21-9-5-8-20(16-21)34-40-32-2;2*1-2/h3-16,31-32,34H,17H2,1-2H3,(H,33,37)(H,35,38);2H,1H3;1-2H. The molecule has 8 N–H and O–H groups in total. The molecule has 0 fully saturated rings. The number of halogens is 1. The number of H-pyrrole nitrogens is 1. The molecular weight excluding hydrogens is 624 g/mol. The third-order valence-corrected chi connectivity index (χ3v) is 7.86. The van der Waals surface area contributed by atoms with Gasteiger partial charge in [-0.1, -0.05) is 35.9 Å². The zero-order valence-corrected chi connectivity index (χ0v) is 26.5. The number of aromatic amines is 1. The van der Waals surface area contributed by atoms with E-state index in [4.69, 9.17) is 27.2 Å². The lowest BCUT2D eigenvalue weighted by atomic mass is 10.0. The summed E-state index contributed by atoms with van der Waals surface area (Å²) < 4.78 is 11.1. The second-order valence-electron chi connectivity index (χ2n) is 8.76. The molecule has 0 atom stereocenters. The fourth-order valence-electron chi connectivity index (χ4n) is 4.58. The zero-order chi connectivity index (χ0) is 32.1. The summed E-state index contributed by atoms with van der Waals surface area (Å²) in [4.78, 5) is 30.7. The van der Waals surface area contributed by atoms with Gasteiger partial charge in [0, 0.05) is 75.8 Å². The molecule has 0 radical (unpaired) electrons. The maximum atomic E-state index is 14.1. The topological polar surface area (TPSA) is 164 Å². The van der Waals surface area contributed by atoms with Crippen LogP contribution in [0.3, 0.4) is 0 Å². The molecule has 2 aromatic heterocycles. The van der Waals surface area contributed by atoms with Crippen molar-refractivity contribution in [2.24, 2.45) is 0 Å². The Morgan fingerprint density at radius 2 is 1.75 bits per heavy atom. The average Bonchev–Trinajstić information content (AvgIpc) is 3.37. The second kappa shape index (κ2) is 17.4. The van der Waals surface area contributed by atoms with Crippen molar-refractivity contribution >= 4 is 63.9 Å². The lowest BCUT2D eigenvalue weighted by Gasteiger charge is -2.15. The van der Waals surface area contributed by atoms with Crippen LogP contribution in [0, 0.1) is 0 Å². The van der Waals surface area contributed by atoms with Crippen molar-refractivity contribution in [1.29, 1.82) is 0 Å². The summed E-state index contributed by atoms with van der Waals surface area (Å²) in [5, 5.41) is 23.5. The number of fused-ring (bicyclic) bond motifs is 1. The minimum Gasteiger partial charge on any atom is -0.400 e. The van der Waals surface area contributed by atoms with Gasteiger partial charge >= 0.3 is 0 Å². The molecule has 0 bridgehead atoms. The fraction of sp³-hybridized carbons (Fsp3) is 0.133. The van der Waals surface area contributed by atoms with Gasteiger partial charge in [-0.2, -0.15) is 0 Å². The molecule has 0 aliphatic rings. The monoisotopic (exact) mass is 656 g/mol. The van der Waals surface area contributed by atoms with Crippen LogP contribution in [0.2, 0.25) is 5.02 Å². The number of carbonyl (C=O) groups is 1. The van der Waals surface area contributed by atoms with Crippen LogP contribution >= 0.6 is 35.7 Å². The molecule has 3 aromatic carbocycles. The normalized spacial score (nSPS) is 10.2. The number of benzene rings is 3. The van der Waals surface area contributed by atoms with Gasteiger partial charge in [0.2, 0.25) is 0 Å². The number of aromatic nitrogens is 2. The van der Waals surface area contributed by atoms with E-state index >= 15 is 0 Å². The highest BCUT2D eigenvalue weighted by atomic mass is 35.5. The number of aliphatic hydroxyl groups excluding tert-OH is 1. The summed E-state index contributed by atoms with van der Waals surface area (Å²) in [6.45, 7) is 0.397. The quantitative estimate of drug-likeness (QED) is 0.0508. The Morgan fingerprint density at radius 1 is 0.977 bits per heavy atom. The molecule has 0 saturated heterocycles. The van der Waals surface area contributed by atoms with E-state index in [0.717, 1.165) is 39.8 Å². The maximum absolute atomic E-state index is 14.1. The predicted octanol–water partition coefficient (Wildman–Crippen LogP) is 6.00. The second-order valence-corrected chi connectivity index (χ2v) is 10.9. The van der Waals surface area contributed by atoms with E-state index in [1.165, 1.54) is 24.1 Å². The predicted molar refractivity (Wildman–Crippen MR) is 182 cm³/mol. The highest BCUT2D eigenvalue weighted by molar-refractivity contribution is 7.98. The molecule has 1 amide bonds. The largest absolute Gasteiger partial charge is 0.400 e. The number of para-hydroxylation sites is 1. The van der Waals surface area contributed by atoms with E-state index in [9.17, 15) is 9.59 Å². The van der Waals surface area contributed by atoms with Gasteiger partial charge in [-0.3, -0.25) is 24.8 Å². The van der Waals surface area contributed by atoms with Crippen molar-refractivity contribution in [1.82, 2.24) is 19.0 Å². The number of hydrogen-bond donors (Lipinski definition) is 8. The number of carbonyl (C=O) groups excluding carboxylic acids is 1. The Bertz CT molecular complexity index is 1750. The molecule has 44 heavy (non-hydrogen) atoms. The highest BCUT2D eigenvalue weighted by Crippen LogP contribution is 2.37. The number of hydrogen-bond acceptors (Lipinski definition) is 10. The van der Waals surface area contributed by atoms with Crippen LogP contribution in [-0.4, -0.2) is 52.3 Å². The first-order valence-electron chi connectivity index (χ1n) is 13.1. The molecule has 0 spiro atoms. The van der Waals surface area contributed by atoms with Crippen LogP contribution in [0.25, 0.3) is 22.0 Å². The molecular formula is C30H33ClN6O5S2. The van der Waals surface area contributed by atoms with Crippen molar-refractivity contribution in [3.05, 3.63) is 112 Å². The number of pyridine rings is 1. The molecule has 0 aliphatic heterocycles. The van der Waals surface area contributed by atoms with Crippen molar-refractivity contribution < 1.29 is 20.4 Å². The first kappa shape index (κ1) is 34.5. The van der Waals surface area contributed by atoms with E-state index < -0.39 is 0 Å². The average molecular weight is 657 g/mol. The highest BCUT2D eigenvalue weighted by Gasteiger charge is 2.26. The first-order chi connectivity index (χ1) is 21.5. The minimum atomic E-state index is -0.333. The molecule has 232 valence electrons. The molecule has 5 rings (SSSR count). The summed E-state index contributed by atoms with van der Waals surface area (Å²) in [5.74, 6) is -0.333. The van der Waals surface area contributed by atoms with Gasteiger partial charge in [0.05, 0.1) is 6.54 Å². The molecule has 5 aromatic rings. The van der Waals surface area contributed by atoms with Crippen molar-refractivity contribution in [2.75, 3.05) is 31.2 Å². The van der Waals surface area contributed by atoms with Gasteiger partial charge in [-0.15, -0.1) is 0 Å². The molecule has 14 heteroatoms. The van der Waals surface area contributed by atoms with Crippen molar-refractivity contribution in [3.8, 4) is 11.1 Å². The SMILES string of the molecule is CNSNc1cccc(SNC(=O)c2c(-c3ccc[nH]c3=O)c3cc(Cl)ccc3n2Cc2ccccc2NC)c1.CO.OO. The van der Waals surface area contributed by atoms with Crippen molar-refractivity contribution in [3.63, 3.8) is 0 Å². The summed E-state index contributed by atoms with van der Waals surface area (Å²) >= 11 is 9.00. The molecule has 2 heterocycles. The summed E-state index contributed by atoms with van der Waals surface area (Å²) in [6, 6.07) is 24.6. The fourth-order valence-corrected chi connectivity index (χ4v) is 5.74. The number of anilines is 2. The zero-order valence-electron chi connectivity index (χ0n) is 24.1. The van der Waals surface area contributed by atoms with Crippen LogP contribution in [0.1, 0.15) is 16.1 Å². The van der Waals surface area contributed by atoms with Crippen LogP contribution in [-0.2, 0) is 6.54 Å². The first-order valence-corrected chi connectivity index (χ1v) is 15.1. The van der Waals surface area contributed by atoms with Crippen LogP contribution in [0.4, 0.5) is 11.4 Å². The van der Waals surface area contributed by atoms with Gasteiger partial charge < -0.3 is 24.7 Å². The Morgan fingerprint density at radius 3 is 2.48 bits per heavy atom.